The van der Waals surface area contributed by atoms with Crippen molar-refractivity contribution in [3.63, 3.8) is 0 Å². The minimum absolute atomic E-state index is 0. The first kappa shape index (κ1) is 10.0. The molecule has 0 aromatic carbocycles. The maximum absolute atomic E-state index is 11.1. The highest BCUT2D eigenvalue weighted by molar-refractivity contribution is 5.93. The van der Waals surface area contributed by atoms with Crippen LogP contribution in [-0.4, -0.2) is 29.9 Å². The van der Waals surface area contributed by atoms with E-state index in [1.54, 1.807) is 37.5 Å². The molecule has 0 aliphatic carbocycles. The Morgan fingerprint density at radius 2 is 2.18 bits per heavy atom. The molecular formula is C7H11ClN2O. The van der Waals surface area contributed by atoms with E-state index >= 15 is 0 Å². The fourth-order valence-corrected chi connectivity index (χ4v) is 0.715. The molecule has 1 rings (SSSR count). The Morgan fingerprint density at radius 3 is 2.55 bits per heavy atom. The number of hydrogen-bond donors (Lipinski definition) is 1. The molecule has 0 fully saturated rings. The Bertz CT molecular complexity index is 218. The minimum Gasteiger partial charge on any atom is -0.367 e. The number of nitrogens with zero attached hydrogens (tertiary/aromatic N) is 1. The van der Waals surface area contributed by atoms with E-state index < -0.39 is 0 Å². The molecule has 0 atom stereocenters. The van der Waals surface area contributed by atoms with Crippen LogP contribution in [0.15, 0.2) is 18.5 Å². The largest absolute Gasteiger partial charge is 0.367 e. The standard InChI is InChI=1S/C7H10N2O.ClH/c1-9(2)7(10)6-3-4-8-5-6;/h3-5,8H,1-2H3;1H. The zero-order chi connectivity index (χ0) is 7.56. The Hall–Kier alpha value is -0.960. The number of H-pyrrole nitrogens is 1. The highest BCUT2D eigenvalue weighted by Crippen LogP contribution is 1.98. The SMILES string of the molecule is CN(C)C(=O)c1cc[nH]c1.Cl. The van der Waals surface area contributed by atoms with Crippen molar-refractivity contribution in [3.05, 3.63) is 24.0 Å². The number of carbonyl (C=O) groups excluding carboxylic acids is 1. The van der Waals surface area contributed by atoms with Gasteiger partial charge in [-0.15, -0.1) is 12.4 Å². The highest BCUT2D eigenvalue weighted by Gasteiger charge is 2.05. The summed E-state index contributed by atoms with van der Waals surface area (Å²) in [5, 5.41) is 0. The molecule has 0 unspecified atom stereocenters. The molecule has 0 spiro atoms. The fraction of sp³-hybridized carbons (Fsp3) is 0.286. The lowest BCUT2D eigenvalue weighted by Crippen LogP contribution is -2.20. The van der Waals surface area contributed by atoms with Crippen molar-refractivity contribution in [2.24, 2.45) is 0 Å². The smallest absolute Gasteiger partial charge is 0.254 e. The molecule has 1 heterocycles. The van der Waals surface area contributed by atoms with Gasteiger partial charge in [-0.2, -0.15) is 0 Å². The van der Waals surface area contributed by atoms with Gasteiger partial charge in [-0.05, 0) is 6.07 Å². The lowest BCUT2D eigenvalue weighted by molar-refractivity contribution is 0.0828. The van der Waals surface area contributed by atoms with Gasteiger partial charge in [0.05, 0.1) is 5.56 Å². The predicted octanol–water partition coefficient (Wildman–Crippen LogP) is 1.14. The van der Waals surface area contributed by atoms with Crippen molar-refractivity contribution in [3.8, 4) is 0 Å². The van der Waals surface area contributed by atoms with E-state index in [0.717, 1.165) is 0 Å². The second kappa shape index (κ2) is 4.03. The summed E-state index contributed by atoms with van der Waals surface area (Å²) >= 11 is 0. The van der Waals surface area contributed by atoms with Crippen LogP contribution in [0.2, 0.25) is 0 Å². The normalized spacial score (nSPS) is 8.55. The van der Waals surface area contributed by atoms with E-state index in [-0.39, 0.29) is 18.3 Å². The third-order valence-corrected chi connectivity index (χ3v) is 1.25. The molecule has 0 aliphatic rings. The van der Waals surface area contributed by atoms with Crippen molar-refractivity contribution in [2.45, 2.75) is 0 Å². The molecule has 1 amide bonds. The van der Waals surface area contributed by atoms with Crippen LogP contribution in [0.4, 0.5) is 0 Å². The number of rotatable bonds is 1. The average Bonchev–Trinajstić information content (AvgIpc) is 2.36. The van der Waals surface area contributed by atoms with Crippen LogP contribution in [0.25, 0.3) is 0 Å². The van der Waals surface area contributed by atoms with Gasteiger partial charge in [-0.25, -0.2) is 0 Å². The molecule has 11 heavy (non-hydrogen) atoms. The molecule has 1 aromatic heterocycles. The predicted molar refractivity (Wildman–Crippen MR) is 46.1 cm³/mol. The van der Waals surface area contributed by atoms with Crippen molar-refractivity contribution < 1.29 is 4.79 Å². The summed E-state index contributed by atoms with van der Waals surface area (Å²) in [6.07, 6.45) is 3.42. The van der Waals surface area contributed by atoms with E-state index in [0.29, 0.717) is 5.56 Å². The summed E-state index contributed by atoms with van der Waals surface area (Å²) in [6, 6.07) is 1.75. The van der Waals surface area contributed by atoms with Crippen LogP contribution in [0.3, 0.4) is 0 Å². The van der Waals surface area contributed by atoms with Crippen LogP contribution in [-0.2, 0) is 0 Å². The second-order valence-electron chi connectivity index (χ2n) is 2.30. The van der Waals surface area contributed by atoms with Crippen LogP contribution in [0.1, 0.15) is 10.4 Å². The maximum Gasteiger partial charge on any atom is 0.254 e. The minimum atomic E-state index is 0. The van der Waals surface area contributed by atoms with E-state index in [9.17, 15) is 4.79 Å². The molecule has 0 radical (unpaired) electrons. The lowest BCUT2D eigenvalue weighted by atomic mass is 10.3. The molecule has 4 heteroatoms. The third-order valence-electron chi connectivity index (χ3n) is 1.25. The van der Waals surface area contributed by atoms with Gasteiger partial charge in [0.2, 0.25) is 0 Å². The molecule has 0 saturated heterocycles. The number of aromatic amines is 1. The zero-order valence-corrected chi connectivity index (χ0v) is 7.31. The Balaban J connectivity index is 0.000001000. The van der Waals surface area contributed by atoms with Crippen molar-refractivity contribution in [1.29, 1.82) is 0 Å². The quantitative estimate of drug-likeness (QED) is 0.681. The summed E-state index contributed by atoms with van der Waals surface area (Å²) < 4.78 is 0. The van der Waals surface area contributed by atoms with Gasteiger partial charge in [0.15, 0.2) is 0 Å². The van der Waals surface area contributed by atoms with Crippen LogP contribution in [0.5, 0.6) is 0 Å². The monoisotopic (exact) mass is 174 g/mol. The number of carbonyl (C=O) groups is 1. The first-order valence-electron chi connectivity index (χ1n) is 3.06. The van der Waals surface area contributed by atoms with Gasteiger partial charge in [0, 0.05) is 26.5 Å². The Kier molecular flexibility index (Phi) is 3.68. The highest BCUT2D eigenvalue weighted by atomic mass is 35.5. The first-order valence-corrected chi connectivity index (χ1v) is 3.06. The van der Waals surface area contributed by atoms with Crippen molar-refractivity contribution in [2.75, 3.05) is 14.1 Å². The second-order valence-corrected chi connectivity index (χ2v) is 2.30. The van der Waals surface area contributed by atoms with Crippen LogP contribution < -0.4 is 0 Å². The van der Waals surface area contributed by atoms with Gasteiger partial charge in [-0.1, -0.05) is 0 Å². The molecule has 0 saturated carbocycles. The topological polar surface area (TPSA) is 36.1 Å². The molecule has 1 aromatic rings. The number of halogens is 1. The van der Waals surface area contributed by atoms with Gasteiger partial charge >= 0.3 is 0 Å². The van der Waals surface area contributed by atoms with Crippen molar-refractivity contribution in [1.82, 2.24) is 9.88 Å². The fourth-order valence-electron chi connectivity index (χ4n) is 0.715. The Labute approximate surface area is 71.8 Å². The molecule has 0 aliphatic heterocycles. The summed E-state index contributed by atoms with van der Waals surface area (Å²) in [5.74, 6) is 0.0289. The summed E-state index contributed by atoms with van der Waals surface area (Å²) in [5.41, 5.74) is 0.699. The molecule has 1 N–H and O–H groups in total. The lowest BCUT2D eigenvalue weighted by Gasteiger charge is -2.06. The number of hydrogen-bond acceptors (Lipinski definition) is 1. The zero-order valence-electron chi connectivity index (χ0n) is 6.50. The third kappa shape index (κ3) is 2.27. The Morgan fingerprint density at radius 1 is 1.55 bits per heavy atom. The molecule has 0 bridgehead atoms. The molecule has 3 nitrogen and oxygen atoms in total. The van der Waals surface area contributed by atoms with E-state index in [4.69, 9.17) is 0 Å². The molecule has 62 valence electrons. The van der Waals surface area contributed by atoms with Gasteiger partial charge in [0.25, 0.3) is 5.91 Å². The summed E-state index contributed by atoms with van der Waals surface area (Å²) in [6.45, 7) is 0. The first-order chi connectivity index (χ1) is 4.72. The summed E-state index contributed by atoms with van der Waals surface area (Å²) in [7, 11) is 3.46. The van der Waals surface area contributed by atoms with Gasteiger partial charge < -0.3 is 9.88 Å². The van der Waals surface area contributed by atoms with Crippen molar-refractivity contribution >= 4 is 18.3 Å². The van der Waals surface area contributed by atoms with Gasteiger partial charge in [-0.3, -0.25) is 4.79 Å². The number of nitrogens with one attached hydrogen (secondary N) is 1. The van der Waals surface area contributed by atoms with Crippen LogP contribution in [0, 0.1) is 0 Å². The van der Waals surface area contributed by atoms with E-state index in [1.165, 1.54) is 0 Å². The maximum atomic E-state index is 11.1. The molecular weight excluding hydrogens is 164 g/mol. The van der Waals surface area contributed by atoms with E-state index in [2.05, 4.69) is 4.98 Å². The van der Waals surface area contributed by atoms with Crippen LogP contribution >= 0.6 is 12.4 Å². The number of amides is 1. The average molecular weight is 175 g/mol. The summed E-state index contributed by atoms with van der Waals surface area (Å²) in [4.78, 5) is 15.5. The van der Waals surface area contributed by atoms with E-state index in [1.807, 2.05) is 0 Å². The van der Waals surface area contributed by atoms with Gasteiger partial charge in [0.1, 0.15) is 0 Å². The number of aromatic nitrogens is 1.